The molecule has 4 aromatic rings. The maximum absolute atomic E-state index is 14.7. The number of nitro groups is 1. The Balaban J connectivity index is 1.71. The highest BCUT2D eigenvalue weighted by Gasteiger charge is 2.59. The summed E-state index contributed by atoms with van der Waals surface area (Å²) in [7, 11) is -2.62. The van der Waals surface area contributed by atoms with Crippen molar-refractivity contribution in [3.8, 4) is 5.75 Å². The molecule has 12 heteroatoms. The lowest BCUT2D eigenvalue weighted by Gasteiger charge is -2.29. The quantitative estimate of drug-likeness (QED) is 0.135. The highest BCUT2D eigenvalue weighted by atomic mass is 32.2. The number of hydrogen-bond donors (Lipinski definition) is 1. The van der Waals surface area contributed by atoms with Gasteiger partial charge in [-0.1, -0.05) is 48.5 Å². The van der Waals surface area contributed by atoms with Crippen LogP contribution in [0.1, 0.15) is 49.4 Å². The normalized spacial score (nSPS) is 20.1. The Morgan fingerprint density at radius 1 is 1.00 bits per heavy atom. The molecule has 0 saturated carbocycles. The Labute approximate surface area is 265 Å². The third-order valence-electron chi connectivity index (χ3n) is 8.23. The summed E-state index contributed by atoms with van der Waals surface area (Å²) in [5.74, 6) is -2.23. The maximum Gasteiger partial charge on any atom is 0.269 e. The number of aryl methyl sites for hydroxylation is 2. The highest BCUT2D eigenvalue weighted by Crippen LogP contribution is 2.54. The summed E-state index contributed by atoms with van der Waals surface area (Å²) < 4.78 is 33.8. The minimum Gasteiger partial charge on any atom is -0.497 e. The Morgan fingerprint density at radius 2 is 1.71 bits per heavy atom. The first-order chi connectivity index (χ1) is 21.4. The van der Waals surface area contributed by atoms with Crippen LogP contribution in [0.15, 0.2) is 84.2 Å². The molecule has 1 aliphatic heterocycles. The number of hydrogen-bond acceptors (Lipinski definition) is 8. The molecule has 3 aromatic carbocycles. The van der Waals surface area contributed by atoms with Crippen molar-refractivity contribution >= 4 is 38.7 Å². The van der Waals surface area contributed by atoms with Gasteiger partial charge in [0.2, 0.25) is 15.9 Å². The molecule has 1 saturated heterocycles. The Morgan fingerprint density at radius 3 is 2.31 bits per heavy atom. The largest absolute Gasteiger partial charge is 0.497 e. The van der Waals surface area contributed by atoms with Crippen LogP contribution in [0.25, 0.3) is 0 Å². The third kappa shape index (κ3) is 6.39. The monoisotopic (exact) mass is 647 g/mol. The number of nitro benzene ring substituents is 1. The zero-order chi connectivity index (χ0) is 32.5. The van der Waals surface area contributed by atoms with Crippen molar-refractivity contribution in [3.63, 3.8) is 0 Å². The number of carbonyl (C=O) groups is 2. The molecule has 2 heterocycles. The van der Waals surface area contributed by atoms with Gasteiger partial charge in [-0.3, -0.25) is 19.7 Å². The fourth-order valence-electron chi connectivity index (χ4n) is 6.16. The predicted octanol–water partition coefficient (Wildman–Crippen LogP) is 5.57. The zero-order valence-corrected chi connectivity index (χ0v) is 26.8. The summed E-state index contributed by atoms with van der Waals surface area (Å²) in [6, 6.07) is 19.1. The number of benzene rings is 3. The van der Waals surface area contributed by atoms with E-state index in [9.17, 15) is 28.1 Å². The minimum atomic E-state index is -4.18. The average Bonchev–Trinajstić information content (AvgIpc) is 3.61. The van der Waals surface area contributed by atoms with Crippen molar-refractivity contribution in [1.82, 2.24) is 9.62 Å². The van der Waals surface area contributed by atoms with Crippen molar-refractivity contribution in [1.29, 1.82) is 0 Å². The number of non-ortho nitro benzene ring substituents is 1. The van der Waals surface area contributed by atoms with Gasteiger partial charge in [0.05, 0.1) is 30.2 Å². The molecule has 10 nitrogen and oxygen atoms in total. The Kier molecular flexibility index (Phi) is 9.19. The molecule has 0 spiro atoms. The number of methoxy groups -OCH3 is 1. The number of ether oxygens (including phenoxy) is 1. The number of carbonyl (C=O) groups excluding carboxylic acids is 2. The summed E-state index contributed by atoms with van der Waals surface area (Å²) in [5.41, 5.74) is 2.67. The molecule has 0 bridgehead atoms. The van der Waals surface area contributed by atoms with Gasteiger partial charge in [-0.2, -0.15) is 4.31 Å². The second-order valence-corrected chi connectivity index (χ2v) is 13.9. The molecule has 0 aliphatic carbocycles. The predicted molar refractivity (Wildman–Crippen MR) is 172 cm³/mol. The number of nitrogens with one attached hydrogen (secondary N) is 1. The Hall–Kier alpha value is -4.39. The molecule has 1 N–H and O–H groups in total. The molecule has 1 aliphatic rings. The van der Waals surface area contributed by atoms with E-state index in [1.165, 1.54) is 29.5 Å². The lowest BCUT2D eigenvalue weighted by Crippen LogP contribution is -2.48. The lowest BCUT2D eigenvalue weighted by atomic mass is 9.77. The van der Waals surface area contributed by atoms with Crippen LogP contribution in [-0.2, 0) is 21.4 Å². The first-order valence-corrected chi connectivity index (χ1v) is 16.9. The van der Waals surface area contributed by atoms with Crippen LogP contribution in [0, 0.1) is 29.9 Å². The topological polar surface area (TPSA) is 136 Å². The Bertz CT molecular complexity index is 1850. The van der Waals surface area contributed by atoms with Crippen LogP contribution in [-0.4, -0.2) is 48.7 Å². The maximum atomic E-state index is 14.7. The van der Waals surface area contributed by atoms with Crippen LogP contribution in [0.3, 0.4) is 0 Å². The van der Waals surface area contributed by atoms with E-state index in [4.69, 9.17) is 4.74 Å². The molecule has 0 radical (unpaired) electrons. The van der Waals surface area contributed by atoms with Gasteiger partial charge in [-0.15, -0.1) is 11.3 Å². The number of ketones is 1. The van der Waals surface area contributed by atoms with Gasteiger partial charge >= 0.3 is 0 Å². The van der Waals surface area contributed by atoms with E-state index in [1.807, 2.05) is 18.4 Å². The molecular weight excluding hydrogens is 615 g/mol. The van der Waals surface area contributed by atoms with Gasteiger partial charge < -0.3 is 10.1 Å². The summed E-state index contributed by atoms with van der Waals surface area (Å²) in [6.45, 7) is 3.76. The smallest absolute Gasteiger partial charge is 0.269 e. The zero-order valence-electron chi connectivity index (χ0n) is 25.2. The second kappa shape index (κ2) is 12.9. The van der Waals surface area contributed by atoms with Gasteiger partial charge in [0.1, 0.15) is 11.8 Å². The van der Waals surface area contributed by atoms with Crippen LogP contribution in [0.4, 0.5) is 5.69 Å². The van der Waals surface area contributed by atoms with Gasteiger partial charge in [0.25, 0.3) is 5.69 Å². The van der Waals surface area contributed by atoms with Crippen LogP contribution >= 0.6 is 11.3 Å². The highest BCUT2D eigenvalue weighted by molar-refractivity contribution is 7.88. The average molecular weight is 648 g/mol. The second-order valence-electron chi connectivity index (χ2n) is 11.1. The molecule has 5 rings (SSSR count). The third-order valence-corrected chi connectivity index (χ3v) is 10.6. The number of sulfonamides is 1. The van der Waals surface area contributed by atoms with Crippen LogP contribution < -0.4 is 10.1 Å². The molecule has 1 fully saturated rings. The molecular formula is C33H33N3O7S2. The summed E-state index contributed by atoms with van der Waals surface area (Å²) >= 11 is 1.35. The number of amides is 1. The SMILES string of the molecule is COc1ccc(CNC(=O)C2C(c3sccc3C)C(C(=O)c3ccccc3C)C(c3cccc([N+](=O)[O-])c3)N2S(C)(=O)=O)cc1. The lowest BCUT2D eigenvalue weighted by molar-refractivity contribution is -0.385. The van der Waals surface area contributed by atoms with Crippen molar-refractivity contribution in [2.24, 2.45) is 5.92 Å². The minimum absolute atomic E-state index is 0.102. The fraction of sp³-hybridized carbons (Fsp3) is 0.273. The number of thiophene rings is 1. The molecule has 234 valence electrons. The first-order valence-electron chi connectivity index (χ1n) is 14.2. The van der Waals surface area contributed by atoms with Crippen molar-refractivity contribution in [3.05, 3.63) is 127 Å². The standard InChI is InChI=1S/C33H33N3O7S2/c1-20-8-5-6-11-26(20)31(37)27-28(32-21(2)16-17-44-32)30(33(38)34-19-22-12-14-25(43-3)15-13-22)35(45(4,41)42)29(27)23-9-7-10-24(18-23)36(39)40/h5-18,27-30H,19H2,1-4H3,(H,34,38). The molecule has 1 amide bonds. The van der Waals surface area contributed by atoms with Gasteiger partial charge in [0, 0.05) is 35.0 Å². The number of Topliss-reactive ketones (excluding diaryl/α,β-unsaturated/α-hetero) is 1. The first kappa shape index (κ1) is 32.0. The van der Waals surface area contributed by atoms with E-state index in [0.29, 0.717) is 21.8 Å². The van der Waals surface area contributed by atoms with Gasteiger partial charge in [0.15, 0.2) is 5.78 Å². The summed E-state index contributed by atoms with van der Waals surface area (Å²) in [6.07, 6.45) is 1.00. The van der Waals surface area contributed by atoms with E-state index >= 15 is 0 Å². The van der Waals surface area contributed by atoms with E-state index < -0.39 is 44.8 Å². The van der Waals surface area contributed by atoms with Crippen molar-refractivity contribution in [2.45, 2.75) is 38.4 Å². The van der Waals surface area contributed by atoms with Crippen molar-refractivity contribution < 1.29 is 27.7 Å². The van der Waals surface area contributed by atoms with Gasteiger partial charge in [-0.05, 0) is 59.7 Å². The number of rotatable bonds is 10. The fourth-order valence-corrected chi connectivity index (χ4v) is 8.57. The van der Waals surface area contributed by atoms with Gasteiger partial charge in [-0.25, -0.2) is 8.42 Å². The summed E-state index contributed by atoms with van der Waals surface area (Å²) in [5, 5.41) is 16.5. The van der Waals surface area contributed by atoms with E-state index in [-0.39, 0.29) is 23.6 Å². The van der Waals surface area contributed by atoms with E-state index in [2.05, 4.69) is 5.32 Å². The van der Waals surface area contributed by atoms with Crippen LogP contribution in [0.5, 0.6) is 5.75 Å². The summed E-state index contributed by atoms with van der Waals surface area (Å²) in [4.78, 5) is 40.9. The number of nitrogens with zero attached hydrogens (tertiary/aromatic N) is 2. The molecule has 4 unspecified atom stereocenters. The van der Waals surface area contributed by atoms with E-state index in [0.717, 1.165) is 21.7 Å². The van der Waals surface area contributed by atoms with Crippen molar-refractivity contribution in [2.75, 3.05) is 13.4 Å². The molecule has 4 atom stereocenters. The van der Waals surface area contributed by atoms with E-state index in [1.54, 1.807) is 68.6 Å². The molecule has 45 heavy (non-hydrogen) atoms. The van der Waals surface area contributed by atoms with Crippen LogP contribution in [0.2, 0.25) is 0 Å². The molecule has 1 aromatic heterocycles.